The van der Waals surface area contributed by atoms with Gasteiger partial charge in [-0.15, -0.1) is 0 Å². The van der Waals surface area contributed by atoms with E-state index in [1.807, 2.05) is 243 Å². The number of carbonyl (C=O) groups excluding carboxylic acids is 4. The van der Waals surface area contributed by atoms with Crippen LogP contribution in [0.4, 0.5) is 0 Å². The highest BCUT2D eigenvalue weighted by Crippen LogP contribution is 2.46. The summed E-state index contributed by atoms with van der Waals surface area (Å²) in [6, 6.07) is 76.3. The quantitative estimate of drug-likeness (QED) is 0.0121. The van der Waals surface area contributed by atoms with Gasteiger partial charge < -0.3 is 64.8 Å². The van der Waals surface area contributed by atoms with Crippen molar-refractivity contribution < 1.29 is 84.0 Å². The van der Waals surface area contributed by atoms with Gasteiger partial charge in [0.05, 0.1) is 32.3 Å². The fourth-order valence-electron chi connectivity index (χ4n) is 12.5. The summed E-state index contributed by atoms with van der Waals surface area (Å²) < 4.78 is 116. The molecule has 2 atom stereocenters. The molecule has 2 heterocycles. The van der Waals surface area contributed by atoms with Crippen LogP contribution in [0.3, 0.4) is 0 Å². The summed E-state index contributed by atoms with van der Waals surface area (Å²) in [4.78, 5) is 54.8. The van der Waals surface area contributed by atoms with E-state index in [-0.39, 0.29) is 93.0 Å². The van der Waals surface area contributed by atoms with E-state index in [1.54, 1.807) is 48.8 Å². The van der Waals surface area contributed by atoms with Crippen molar-refractivity contribution in [3.05, 3.63) is 279 Å². The van der Waals surface area contributed by atoms with E-state index in [0.717, 1.165) is 0 Å². The van der Waals surface area contributed by atoms with Crippen molar-refractivity contribution in [1.82, 2.24) is 0 Å². The molecular weight excluding hydrogens is 1470 g/mol. The molecule has 8 aromatic rings. The van der Waals surface area contributed by atoms with Gasteiger partial charge in [-0.2, -0.15) is 0 Å². The molecular formula is C78H92O19Si8. The topological polar surface area (TPSA) is 207 Å². The molecule has 19 nitrogen and oxygen atoms in total. The zero-order valence-electron chi connectivity index (χ0n) is 60.5. The summed E-state index contributed by atoms with van der Waals surface area (Å²) in [6.07, 6.45) is 0.109. The van der Waals surface area contributed by atoms with Gasteiger partial charge in [-0.05, 0) is 87.9 Å². The van der Waals surface area contributed by atoms with Crippen LogP contribution in [0.2, 0.25) is 24.2 Å². The number of esters is 4. The normalized spacial score (nSPS) is 20.0. The molecule has 0 aromatic heterocycles. The lowest BCUT2D eigenvalue weighted by Crippen LogP contribution is -2.86. The lowest BCUT2D eigenvalue weighted by atomic mass is 10.2. The second kappa shape index (κ2) is 36.2. The molecule has 0 radical (unpaired) electrons. The molecule has 10 rings (SSSR count). The Balaban J connectivity index is 1.41. The molecule has 0 N–H and O–H groups in total. The monoisotopic (exact) mass is 1560 g/mol. The molecule has 2 aliphatic rings. The van der Waals surface area contributed by atoms with Crippen LogP contribution in [-0.2, 0) is 84.0 Å². The maximum absolute atomic E-state index is 13.7. The second-order valence-electron chi connectivity index (χ2n) is 25.9. The SMILES string of the molecule is C=C(C)C(=O)OCCC[Si]12O[Si](CCCOC(=O)C(=C)C)(O[Si](OC)(c3ccccc3)c3ccccc3)O[Si](c3ccccc3)(c3ccccc3)O[Si](CCCOC(=O)C(C)C)(O1)O[Si](c1ccccc1)(c1ccccc1)O[Si](CCCOC(=O)C(=C)C)(O[Si](OC)(c1ccccc1)c1ccccc1)O2. The molecule has 2 fully saturated rings. The van der Waals surface area contributed by atoms with Crippen molar-refractivity contribution in [1.29, 1.82) is 0 Å². The van der Waals surface area contributed by atoms with Crippen molar-refractivity contribution in [2.45, 2.75) is 84.5 Å². The zero-order valence-corrected chi connectivity index (χ0v) is 68.5. The van der Waals surface area contributed by atoms with E-state index in [0.29, 0.717) is 41.5 Å². The van der Waals surface area contributed by atoms with Crippen LogP contribution in [0, 0.1) is 5.92 Å². The first-order valence-electron chi connectivity index (χ1n) is 35.1. The Kier molecular flexibility index (Phi) is 27.5. The molecule has 550 valence electrons. The minimum Gasteiger partial charge on any atom is -0.465 e. The van der Waals surface area contributed by atoms with E-state index < -0.39 is 99.3 Å². The van der Waals surface area contributed by atoms with Crippen LogP contribution < -0.4 is 41.5 Å². The first kappa shape index (κ1) is 79.7. The molecule has 0 aliphatic carbocycles. The highest BCUT2D eigenvalue weighted by atomic mass is 28.6. The minimum atomic E-state index is -5.35. The lowest BCUT2D eigenvalue weighted by Gasteiger charge is -2.57. The molecule has 105 heavy (non-hydrogen) atoms. The maximum Gasteiger partial charge on any atom is 0.479 e. The van der Waals surface area contributed by atoms with Crippen LogP contribution in [-0.4, -0.2) is 134 Å². The fourth-order valence-corrected chi connectivity index (χ4v) is 57.1. The van der Waals surface area contributed by atoms with Gasteiger partial charge in [-0.1, -0.05) is 276 Å². The number of hydrogen-bond donors (Lipinski definition) is 0. The van der Waals surface area contributed by atoms with Gasteiger partial charge in [0.15, 0.2) is 0 Å². The highest BCUT2D eigenvalue weighted by Gasteiger charge is 2.76. The first-order valence-corrected chi connectivity index (χ1v) is 50.1. The Morgan fingerprint density at radius 1 is 0.343 bits per heavy atom. The lowest BCUT2D eigenvalue weighted by molar-refractivity contribution is -0.147. The number of carbonyl (C=O) groups is 4. The van der Waals surface area contributed by atoms with Crippen molar-refractivity contribution in [2.75, 3.05) is 40.6 Å². The van der Waals surface area contributed by atoms with Gasteiger partial charge >= 0.3 is 93.3 Å². The van der Waals surface area contributed by atoms with Crippen LogP contribution in [0.5, 0.6) is 0 Å². The predicted molar refractivity (Wildman–Crippen MR) is 419 cm³/mol. The predicted octanol–water partition coefficient (Wildman–Crippen LogP) is 9.36. The third-order valence-corrected chi connectivity index (χ3v) is 53.1. The van der Waals surface area contributed by atoms with E-state index in [1.165, 1.54) is 0 Å². The number of fused-ring (bicyclic) bond motifs is 2. The first-order chi connectivity index (χ1) is 50.6. The average molecular weight is 1560 g/mol. The minimum absolute atomic E-state index is 0.0292. The molecule has 2 unspecified atom stereocenters. The summed E-state index contributed by atoms with van der Waals surface area (Å²) in [5, 5.41) is 4.97. The molecule has 27 heteroatoms. The van der Waals surface area contributed by atoms with Crippen LogP contribution in [0.15, 0.2) is 279 Å². The Labute approximate surface area is 625 Å². The molecule has 0 spiro atoms. The molecule has 8 aromatic carbocycles. The Morgan fingerprint density at radius 3 is 0.848 bits per heavy atom. The molecule has 0 saturated carbocycles. The zero-order chi connectivity index (χ0) is 74.6. The second-order valence-corrected chi connectivity index (χ2v) is 51.1. The summed E-state index contributed by atoms with van der Waals surface area (Å²) in [5.41, 5.74) is 0.527. The standard InChI is InChI=1S/C78H92O19Si8/c1-63(2)75(79)85-55-35-59-98-89-99(60-36-56-86-76(80)64(3)4,92-102(83-9,67-39-19-11-20-40-67)68-41-21-12-22-42-68)94-104(71-47-27-15-28-48-71,72-49-29-16-30-50-72)96-101(91-98,62-38-58-88-78(82)66(7)8)97-105(73-51-31-17-32-52-73,74-53-33-18-34-54-74)95-100(90-98,61-37-57-87-77(81)65(5)6)93-103(84-10,69-43-23-13-24-44-69)70-45-25-14-26-46-70/h11-34,39-54,66H,1,3,5,35-38,55-62H2,2,4,6-10H3. The average Bonchev–Trinajstić information content (AvgIpc) is 0.698. The Morgan fingerprint density at radius 2 is 0.590 bits per heavy atom. The molecule has 0 amide bonds. The van der Waals surface area contributed by atoms with Gasteiger partial charge in [0.25, 0.3) is 0 Å². The van der Waals surface area contributed by atoms with Crippen molar-refractivity contribution in [3.8, 4) is 0 Å². The summed E-state index contributed by atoms with van der Waals surface area (Å²) in [7, 11) is -35.9. The Bertz CT molecular complexity index is 3810. The van der Waals surface area contributed by atoms with Crippen LogP contribution in [0.25, 0.3) is 0 Å². The smallest absolute Gasteiger partial charge is 0.465 e. The van der Waals surface area contributed by atoms with Crippen molar-refractivity contribution in [2.24, 2.45) is 5.92 Å². The number of benzene rings is 8. The number of ether oxygens (including phenoxy) is 4. The van der Waals surface area contributed by atoms with Crippen LogP contribution in [0.1, 0.15) is 60.3 Å². The largest absolute Gasteiger partial charge is 0.479 e. The van der Waals surface area contributed by atoms with Gasteiger partial charge in [-0.3, -0.25) is 4.79 Å². The van der Waals surface area contributed by atoms with E-state index in [4.69, 9.17) is 64.8 Å². The highest BCUT2D eigenvalue weighted by molar-refractivity contribution is 7.09. The molecule has 2 bridgehead atoms. The van der Waals surface area contributed by atoms with Crippen molar-refractivity contribution in [3.63, 3.8) is 0 Å². The summed E-state index contributed by atoms with van der Waals surface area (Å²) in [5.74, 6) is -2.80. The fraction of sp³-hybridized carbons (Fsp3) is 0.256. The Hall–Kier alpha value is -7.84. The molecule has 2 aliphatic heterocycles. The van der Waals surface area contributed by atoms with E-state index in [9.17, 15) is 19.2 Å². The third kappa shape index (κ3) is 18.9. The van der Waals surface area contributed by atoms with Gasteiger partial charge in [-0.25, -0.2) is 14.4 Å². The maximum atomic E-state index is 13.7. The van der Waals surface area contributed by atoms with Crippen molar-refractivity contribution >= 4 is 135 Å². The van der Waals surface area contributed by atoms with Crippen LogP contribution >= 0.6 is 0 Å². The number of hydrogen-bond acceptors (Lipinski definition) is 19. The van der Waals surface area contributed by atoms with E-state index >= 15 is 0 Å². The third-order valence-electron chi connectivity index (χ3n) is 17.5. The summed E-state index contributed by atoms with van der Waals surface area (Å²) in [6.45, 7) is 19.3. The molecule has 2 saturated heterocycles. The van der Waals surface area contributed by atoms with Gasteiger partial charge in [0.1, 0.15) is 0 Å². The number of rotatable bonds is 34. The van der Waals surface area contributed by atoms with Gasteiger partial charge in [0.2, 0.25) is 0 Å². The summed E-state index contributed by atoms with van der Waals surface area (Å²) >= 11 is 0. The van der Waals surface area contributed by atoms with E-state index in [2.05, 4.69) is 19.7 Å². The van der Waals surface area contributed by atoms with Gasteiger partial charge in [0, 0.05) is 55.1 Å².